The third-order valence-electron chi connectivity index (χ3n) is 4.13. The first-order chi connectivity index (χ1) is 12.9. The molecule has 1 atom stereocenters. The van der Waals surface area contributed by atoms with E-state index in [1.165, 1.54) is 12.1 Å². The topological polar surface area (TPSA) is 81.9 Å². The van der Waals surface area contributed by atoms with E-state index >= 15 is 0 Å². The van der Waals surface area contributed by atoms with E-state index < -0.39 is 17.8 Å². The van der Waals surface area contributed by atoms with Crippen LogP contribution in [-0.2, 0) is 9.53 Å². The van der Waals surface area contributed by atoms with Gasteiger partial charge in [-0.15, -0.1) is 0 Å². The fraction of sp³-hybridized carbons (Fsp3) is 0.263. The highest BCUT2D eigenvalue weighted by Crippen LogP contribution is 2.27. The highest BCUT2D eigenvalue weighted by Gasteiger charge is 2.26. The standard InChI is InChI=1S/C19H18ClFN2O4/c20-15-9-12(4-5-16(15)21)17-10-23(6-7-26-17)19(25)13-2-1-3-14(8-13)27-11-18(22)24/h1-5,8-9,17H,6-7,10-11H2,(H2,22,24)/t17-/m0/s1. The Balaban J connectivity index is 1.72. The number of nitrogens with zero attached hydrogens (tertiary/aromatic N) is 1. The van der Waals surface area contributed by atoms with Gasteiger partial charge in [-0.2, -0.15) is 0 Å². The van der Waals surface area contributed by atoms with Gasteiger partial charge in [0.05, 0.1) is 18.2 Å². The lowest BCUT2D eigenvalue weighted by atomic mass is 10.1. The van der Waals surface area contributed by atoms with Crippen LogP contribution in [-0.4, -0.2) is 43.0 Å². The van der Waals surface area contributed by atoms with Crippen LogP contribution in [0.5, 0.6) is 5.75 Å². The molecule has 0 saturated carbocycles. The maximum atomic E-state index is 13.4. The highest BCUT2D eigenvalue weighted by atomic mass is 35.5. The number of primary amides is 1. The molecule has 6 nitrogen and oxygen atoms in total. The molecule has 2 aromatic rings. The van der Waals surface area contributed by atoms with E-state index in [0.717, 1.165) is 0 Å². The van der Waals surface area contributed by atoms with Crippen molar-refractivity contribution in [3.8, 4) is 5.75 Å². The number of benzene rings is 2. The number of halogens is 2. The maximum Gasteiger partial charge on any atom is 0.255 e. The third-order valence-corrected chi connectivity index (χ3v) is 4.42. The monoisotopic (exact) mass is 392 g/mol. The van der Waals surface area contributed by atoms with Crippen LogP contribution in [0.25, 0.3) is 0 Å². The van der Waals surface area contributed by atoms with Crippen molar-refractivity contribution in [2.75, 3.05) is 26.3 Å². The minimum atomic E-state index is -0.597. The molecule has 1 saturated heterocycles. The molecule has 2 aromatic carbocycles. The van der Waals surface area contributed by atoms with Gasteiger partial charge in [0.1, 0.15) is 17.7 Å². The van der Waals surface area contributed by atoms with Crippen molar-refractivity contribution in [2.45, 2.75) is 6.10 Å². The van der Waals surface area contributed by atoms with Gasteiger partial charge in [0.25, 0.3) is 11.8 Å². The molecule has 0 aliphatic carbocycles. The summed E-state index contributed by atoms with van der Waals surface area (Å²) in [4.78, 5) is 25.3. The minimum Gasteiger partial charge on any atom is -0.484 e. The van der Waals surface area contributed by atoms with Crippen molar-refractivity contribution in [3.05, 3.63) is 64.4 Å². The van der Waals surface area contributed by atoms with Crippen molar-refractivity contribution < 1.29 is 23.5 Å². The molecule has 0 spiro atoms. The molecule has 2 N–H and O–H groups in total. The SMILES string of the molecule is NC(=O)COc1cccc(C(=O)N2CCO[C@H](c3ccc(F)c(Cl)c3)C2)c1. The van der Waals surface area contributed by atoms with Gasteiger partial charge in [-0.3, -0.25) is 9.59 Å². The summed E-state index contributed by atoms with van der Waals surface area (Å²) < 4.78 is 24.3. The van der Waals surface area contributed by atoms with E-state index in [1.807, 2.05) is 0 Å². The van der Waals surface area contributed by atoms with Crippen LogP contribution in [0.15, 0.2) is 42.5 Å². The number of nitrogens with two attached hydrogens (primary N) is 1. The van der Waals surface area contributed by atoms with Gasteiger partial charge in [-0.25, -0.2) is 4.39 Å². The number of amides is 2. The number of hydrogen-bond acceptors (Lipinski definition) is 4. The van der Waals surface area contributed by atoms with Gasteiger partial charge in [-0.05, 0) is 35.9 Å². The number of ether oxygens (including phenoxy) is 2. The van der Waals surface area contributed by atoms with Crippen molar-refractivity contribution in [1.82, 2.24) is 4.90 Å². The van der Waals surface area contributed by atoms with E-state index in [-0.39, 0.29) is 17.5 Å². The van der Waals surface area contributed by atoms with Gasteiger partial charge in [0.15, 0.2) is 6.61 Å². The largest absolute Gasteiger partial charge is 0.484 e. The average Bonchev–Trinajstić information content (AvgIpc) is 2.68. The van der Waals surface area contributed by atoms with Gasteiger partial charge in [0, 0.05) is 12.1 Å². The molecule has 1 aliphatic heterocycles. The molecule has 8 heteroatoms. The zero-order valence-electron chi connectivity index (χ0n) is 14.4. The Bertz CT molecular complexity index is 861. The first-order valence-corrected chi connectivity index (χ1v) is 8.69. The molecular weight excluding hydrogens is 375 g/mol. The zero-order valence-corrected chi connectivity index (χ0v) is 15.1. The lowest BCUT2D eigenvalue weighted by molar-refractivity contribution is -0.119. The van der Waals surface area contributed by atoms with E-state index in [0.29, 0.717) is 36.6 Å². The number of rotatable bonds is 5. The molecule has 0 bridgehead atoms. The third kappa shape index (κ3) is 4.75. The Morgan fingerprint density at radius 2 is 2.11 bits per heavy atom. The summed E-state index contributed by atoms with van der Waals surface area (Å²) in [6, 6.07) is 10.9. The Hall–Kier alpha value is -2.64. The molecule has 27 heavy (non-hydrogen) atoms. The van der Waals surface area contributed by atoms with Crippen LogP contribution in [0.3, 0.4) is 0 Å². The lowest BCUT2D eigenvalue weighted by Gasteiger charge is -2.33. The Morgan fingerprint density at radius 3 is 2.85 bits per heavy atom. The van der Waals surface area contributed by atoms with Crippen molar-refractivity contribution in [3.63, 3.8) is 0 Å². The lowest BCUT2D eigenvalue weighted by Crippen LogP contribution is -2.42. The summed E-state index contributed by atoms with van der Waals surface area (Å²) in [7, 11) is 0. The summed E-state index contributed by atoms with van der Waals surface area (Å²) in [6.45, 7) is 0.829. The van der Waals surface area contributed by atoms with Gasteiger partial charge in [0.2, 0.25) is 0 Å². The van der Waals surface area contributed by atoms with Crippen LogP contribution >= 0.6 is 11.6 Å². The minimum absolute atomic E-state index is 0.0128. The Labute approximate surface area is 160 Å². The molecule has 2 amide bonds. The number of carbonyl (C=O) groups is 2. The highest BCUT2D eigenvalue weighted by molar-refractivity contribution is 6.30. The summed E-state index contributed by atoms with van der Waals surface area (Å²) in [5.74, 6) is -0.909. The number of carbonyl (C=O) groups excluding carboxylic acids is 2. The summed E-state index contributed by atoms with van der Waals surface area (Å²) in [5, 5.41) is 0.0128. The second-order valence-electron chi connectivity index (χ2n) is 6.07. The van der Waals surface area contributed by atoms with Gasteiger partial charge < -0.3 is 20.1 Å². The summed E-state index contributed by atoms with van der Waals surface area (Å²) in [5.41, 5.74) is 6.19. The first kappa shape index (κ1) is 19.1. The fourth-order valence-electron chi connectivity index (χ4n) is 2.80. The average molecular weight is 393 g/mol. The van der Waals surface area contributed by atoms with Gasteiger partial charge in [-0.1, -0.05) is 23.7 Å². The predicted octanol–water partition coefficient (Wildman–Crippen LogP) is 2.56. The van der Waals surface area contributed by atoms with Crippen LogP contribution in [0.4, 0.5) is 4.39 Å². The van der Waals surface area contributed by atoms with E-state index in [4.69, 9.17) is 26.8 Å². The second-order valence-corrected chi connectivity index (χ2v) is 6.47. The van der Waals surface area contributed by atoms with Crippen LogP contribution in [0.1, 0.15) is 22.0 Å². The smallest absolute Gasteiger partial charge is 0.255 e. The molecule has 1 aliphatic rings. The quantitative estimate of drug-likeness (QED) is 0.847. The number of hydrogen-bond donors (Lipinski definition) is 1. The molecular formula is C19H18ClFN2O4. The molecule has 0 unspecified atom stereocenters. The molecule has 1 fully saturated rings. The first-order valence-electron chi connectivity index (χ1n) is 8.31. The molecule has 0 aromatic heterocycles. The zero-order chi connectivity index (χ0) is 19.4. The molecule has 142 valence electrons. The van der Waals surface area contributed by atoms with Crippen LogP contribution < -0.4 is 10.5 Å². The van der Waals surface area contributed by atoms with E-state index in [2.05, 4.69) is 0 Å². The summed E-state index contributed by atoms with van der Waals surface area (Å²) >= 11 is 5.84. The number of morpholine rings is 1. The normalized spacial score (nSPS) is 16.8. The van der Waals surface area contributed by atoms with Crippen molar-refractivity contribution in [1.29, 1.82) is 0 Å². The van der Waals surface area contributed by atoms with Crippen molar-refractivity contribution in [2.24, 2.45) is 5.73 Å². The fourth-order valence-corrected chi connectivity index (χ4v) is 2.99. The summed E-state index contributed by atoms with van der Waals surface area (Å²) in [6.07, 6.45) is -0.393. The van der Waals surface area contributed by atoms with Crippen LogP contribution in [0, 0.1) is 5.82 Å². The molecule has 0 radical (unpaired) electrons. The molecule has 1 heterocycles. The van der Waals surface area contributed by atoms with Crippen LogP contribution in [0.2, 0.25) is 5.02 Å². The maximum absolute atomic E-state index is 13.4. The molecule has 3 rings (SSSR count). The second kappa shape index (κ2) is 8.37. The van der Waals surface area contributed by atoms with Crippen molar-refractivity contribution >= 4 is 23.4 Å². The predicted molar refractivity (Wildman–Crippen MR) is 97.1 cm³/mol. The van der Waals surface area contributed by atoms with E-state index in [1.54, 1.807) is 35.2 Å². The van der Waals surface area contributed by atoms with E-state index in [9.17, 15) is 14.0 Å². The Kier molecular flexibility index (Phi) is 5.93. The Morgan fingerprint density at radius 1 is 1.30 bits per heavy atom. The van der Waals surface area contributed by atoms with Gasteiger partial charge >= 0.3 is 0 Å².